The van der Waals surface area contributed by atoms with E-state index in [1.165, 1.54) is 12.0 Å². The number of amides is 2. The Kier molecular flexibility index (Phi) is 4.45. The number of hydrogen-bond acceptors (Lipinski definition) is 3. The maximum atomic E-state index is 12.2. The number of ether oxygens (including phenoxy) is 1. The fourth-order valence-corrected chi connectivity index (χ4v) is 2.31. The number of aliphatic carboxylic acids is 1. The van der Waals surface area contributed by atoms with Crippen LogP contribution in [-0.2, 0) is 4.79 Å². The van der Waals surface area contributed by atoms with E-state index in [4.69, 9.17) is 9.84 Å². The number of carbonyl (C=O) groups excluding carboxylic acids is 1. The highest BCUT2D eigenvalue weighted by Crippen LogP contribution is 2.24. The summed E-state index contributed by atoms with van der Waals surface area (Å²) < 4.78 is 5.17. The van der Waals surface area contributed by atoms with Crippen LogP contribution in [0.2, 0.25) is 0 Å². The zero-order valence-electron chi connectivity index (χ0n) is 11.3. The fraction of sp³-hybridized carbons (Fsp3) is 0.429. The number of rotatable bonds is 3. The average molecular weight is 278 g/mol. The quantitative estimate of drug-likeness (QED) is 0.886. The molecule has 0 spiro atoms. The summed E-state index contributed by atoms with van der Waals surface area (Å²) in [7, 11) is 1.53. The number of hydrogen-bond donors (Lipinski definition) is 2. The van der Waals surface area contributed by atoms with E-state index in [2.05, 4.69) is 5.32 Å². The van der Waals surface area contributed by atoms with Gasteiger partial charge in [0.15, 0.2) is 0 Å². The third-order valence-corrected chi connectivity index (χ3v) is 3.41. The fourth-order valence-electron chi connectivity index (χ4n) is 2.31. The number of urea groups is 1. The van der Waals surface area contributed by atoms with Crippen molar-refractivity contribution >= 4 is 17.7 Å². The standard InChI is InChI=1S/C14H18N2O4/c1-20-12-7-3-2-6-11(12)15-14(19)16-8-4-5-10(9-16)13(17)18/h2-3,6-7,10H,4-5,8-9H2,1H3,(H,15,19)(H,17,18). The maximum absolute atomic E-state index is 12.2. The molecule has 108 valence electrons. The van der Waals surface area contributed by atoms with Gasteiger partial charge in [0, 0.05) is 13.1 Å². The van der Waals surface area contributed by atoms with Gasteiger partial charge < -0.3 is 20.1 Å². The second kappa shape index (κ2) is 6.27. The zero-order valence-corrected chi connectivity index (χ0v) is 11.3. The maximum Gasteiger partial charge on any atom is 0.321 e. The molecule has 1 heterocycles. The summed E-state index contributed by atoms with van der Waals surface area (Å²) in [5, 5.41) is 11.8. The van der Waals surface area contributed by atoms with Gasteiger partial charge in [-0.3, -0.25) is 4.79 Å². The molecule has 0 bridgehead atoms. The number of piperidine rings is 1. The lowest BCUT2D eigenvalue weighted by atomic mass is 9.99. The second-order valence-electron chi connectivity index (χ2n) is 4.75. The molecule has 1 aliphatic rings. The molecule has 1 aromatic carbocycles. The first-order valence-electron chi connectivity index (χ1n) is 6.53. The molecular weight excluding hydrogens is 260 g/mol. The van der Waals surface area contributed by atoms with Crippen molar-refractivity contribution in [1.82, 2.24) is 4.90 Å². The summed E-state index contributed by atoms with van der Waals surface area (Å²) >= 11 is 0. The van der Waals surface area contributed by atoms with Crippen LogP contribution >= 0.6 is 0 Å². The van der Waals surface area contributed by atoms with Gasteiger partial charge in [-0.15, -0.1) is 0 Å². The molecule has 0 aliphatic carbocycles. The second-order valence-corrected chi connectivity index (χ2v) is 4.75. The van der Waals surface area contributed by atoms with Gasteiger partial charge >= 0.3 is 12.0 Å². The number of anilines is 1. The Labute approximate surface area is 117 Å². The molecule has 1 aromatic rings. The number of methoxy groups -OCH3 is 1. The van der Waals surface area contributed by atoms with Crippen molar-refractivity contribution in [2.45, 2.75) is 12.8 Å². The largest absolute Gasteiger partial charge is 0.495 e. The van der Waals surface area contributed by atoms with Crippen LogP contribution in [0, 0.1) is 5.92 Å². The van der Waals surface area contributed by atoms with Gasteiger partial charge in [-0.2, -0.15) is 0 Å². The van der Waals surface area contributed by atoms with Crippen LogP contribution in [0.15, 0.2) is 24.3 Å². The molecule has 0 aromatic heterocycles. The van der Waals surface area contributed by atoms with Crippen molar-refractivity contribution in [3.05, 3.63) is 24.3 Å². The molecule has 1 atom stereocenters. The molecule has 6 nitrogen and oxygen atoms in total. The Morgan fingerprint density at radius 2 is 2.15 bits per heavy atom. The van der Waals surface area contributed by atoms with Crippen molar-refractivity contribution < 1.29 is 19.4 Å². The Bertz CT molecular complexity index is 504. The lowest BCUT2D eigenvalue weighted by molar-refractivity contribution is -0.143. The zero-order chi connectivity index (χ0) is 14.5. The van der Waals surface area contributed by atoms with E-state index in [1.54, 1.807) is 18.2 Å². The molecule has 2 N–H and O–H groups in total. The number of nitrogens with one attached hydrogen (secondary N) is 1. The Morgan fingerprint density at radius 1 is 1.40 bits per heavy atom. The Hall–Kier alpha value is -2.24. The van der Waals surface area contributed by atoms with E-state index in [0.29, 0.717) is 30.8 Å². The lowest BCUT2D eigenvalue weighted by Gasteiger charge is -2.30. The number of carboxylic acids is 1. The number of likely N-dealkylation sites (tertiary alicyclic amines) is 1. The first-order valence-corrected chi connectivity index (χ1v) is 6.53. The summed E-state index contributed by atoms with van der Waals surface area (Å²) in [6.07, 6.45) is 1.32. The Morgan fingerprint density at radius 3 is 2.85 bits per heavy atom. The molecule has 1 aliphatic heterocycles. The summed E-state index contributed by atoms with van der Waals surface area (Å²) in [4.78, 5) is 24.7. The highest BCUT2D eigenvalue weighted by Gasteiger charge is 2.28. The summed E-state index contributed by atoms with van der Waals surface area (Å²) in [5.41, 5.74) is 0.581. The molecule has 0 saturated carbocycles. The first kappa shape index (κ1) is 14.2. The van der Waals surface area contributed by atoms with Crippen molar-refractivity contribution in [2.75, 3.05) is 25.5 Å². The first-order chi connectivity index (χ1) is 9.61. The predicted molar refractivity (Wildman–Crippen MR) is 73.9 cm³/mol. The smallest absolute Gasteiger partial charge is 0.321 e. The molecule has 2 rings (SSSR count). The van der Waals surface area contributed by atoms with Crippen molar-refractivity contribution in [2.24, 2.45) is 5.92 Å². The molecule has 20 heavy (non-hydrogen) atoms. The van der Waals surface area contributed by atoms with E-state index >= 15 is 0 Å². The summed E-state index contributed by atoms with van der Waals surface area (Å²) in [5.74, 6) is -0.750. The normalized spacial score (nSPS) is 18.4. The SMILES string of the molecule is COc1ccccc1NC(=O)N1CCCC(C(=O)O)C1. The third kappa shape index (κ3) is 3.20. The molecule has 0 radical (unpaired) electrons. The van der Waals surface area contributed by atoms with Gasteiger partial charge in [0.05, 0.1) is 18.7 Å². The topological polar surface area (TPSA) is 78.9 Å². The van der Waals surface area contributed by atoms with Crippen LogP contribution in [0.25, 0.3) is 0 Å². The van der Waals surface area contributed by atoms with Crippen molar-refractivity contribution in [3.63, 3.8) is 0 Å². The monoisotopic (exact) mass is 278 g/mol. The average Bonchev–Trinajstić information content (AvgIpc) is 2.48. The van der Waals surface area contributed by atoms with Gasteiger partial charge in [0.2, 0.25) is 0 Å². The number of para-hydroxylation sites is 2. The minimum atomic E-state index is -0.847. The number of benzene rings is 1. The van der Waals surface area contributed by atoms with Crippen LogP contribution in [0.1, 0.15) is 12.8 Å². The number of carboxylic acid groups (broad SMARTS) is 1. The molecule has 6 heteroatoms. The van der Waals surface area contributed by atoms with Crippen LogP contribution in [0.5, 0.6) is 5.75 Å². The lowest BCUT2D eigenvalue weighted by Crippen LogP contribution is -2.44. The molecule has 2 amide bonds. The van der Waals surface area contributed by atoms with Gasteiger partial charge in [-0.25, -0.2) is 4.79 Å². The summed E-state index contributed by atoms with van der Waals surface area (Å²) in [6.45, 7) is 0.821. The van der Waals surface area contributed by atoms with Crippen LogP contribution in [0.3, 0.4) is 0 Å². The van der Waals surface area contributed by atoms with E-state index in [9.17, 15) is 9.59 Å². The van der Waals surface area contributed by atoms with E-state index < -0.39 is 11.9 Å². The van der Waals surface area contributed by atoms with Crippen LogP contribution in [-0.4, -0.2) is 42.2 Å². The predicted octanol–water partition coefficient (Wildman–Crippen LogP) is 2.02. The minimum absolute atomic E-state index is 0.246. The molecule has 1 fully saturated rings. The number of carbonyl (C=O) groups is 2. The molecule has 1 saturated heterocycles. The van der Waals surface area contributed by atoms with Gasteiger partial charge in [0.25, 0.3) is 0 Å². The number of nitrogens with zero attached hydrogens (tertiary/aromatic N) is 1. The Balaban J connectivity index is 2.02. The van der Waals surface area contributed by atoms with Gasteiger partial charge in [-0.1, -0.05) is 12.1 Å². The van der Waals surface area contributed by atoms with Gasteiger partial charge in [0.1, 0.15) is 5.75 Å². The van der Waals surface area contributed by atoms with Crippen LogP contribution in [0.4, 0.5) is 10.5 Å². The molecular formula is C14H18N2O4. The highest BCUT2D eigenvalue weighted by molar-refractivity contribution is 5.91. The minimum Gasteiger partial charge on any atom is -0.495 e. The van der Waals surface area contributed by atoms with Crippen LogP contribution < -0.4 is 10.1 Å². The van der Waals surface area contributed by atoms with E-state index in [-0.39, 0.29) is 12.6 Å². The van der Waals surface area contributed by atoms with Crippen molar-refractivity contribution in [1.29, 1.82) is 0 Å². The third-order valence-electron chi connectivity index (χ3n) is 3.41. The van der Waals surface area contributed by atoms with E-state index in [0.717, 1.165) is 0 Å². The molecule has 1 unspecified atom stereocenters. The summed E-state index contributed by atoms with van der Waals surface area (Å²) in [6, 6.07) is 6.83. The van der Waals surface area contributed by atoms with Crippen molar-refractivity contribution in [3.8, 4) is 5.75 Å². The van der Waals surface area contributed by atoms with Gasteiger partial charge in [-0.05, 0) is 25.0 Å². The van der Waals surface area contributed by atoms with E-state index in [1.807, 2.05) is 6.07 Å². The highest BCUT2D eigenvalue weighted by atomic mass is 16.5.